The summed E-state index contributed by atoms with van der Waals surface area (Å²) in [5.41, 5.74) is 0.463. The summed E-state index contributed by atoms with van der Waals surface area (Å²) in [7, 11) is 0. The maximum absolute atomic E-state index is 12.4. The molecule has 0 saturated carbocycles. The molecule has 1 atom stereocenters. The lowest BCUT2D eigenvalue weighted by Gasteiger charge is -2.37. The fourth-order valence-electron chi connectivity index (χ4n) is 2.88. The summed E-state index contributed by atoms with van der Waals surface area (Å²) in [6.07, 6.45) is -0.419. The number of hydrogen-bond donors (Lipinski definition) is 2. The zero-order valence-corrected chi connectivity index (χ0v) is 14.1. The standard InChI is InChI=1S/C16H21N3O4.ClH/c20-13-3-1-2-12(10-13)15(21)18-5-7-19(8-6-18)16(22)14-11-17-4-9-23-14;/h1-3,10,14,17,20H,4-9,11H2;1H. The van der Waals surface area contributed by atoms with E-state index in [2.05, 4.69) is 5.32 Å². The second kappa shape index (κ2) is 8.32. The molecule has 0 aliphatic carbocycles. The van der Waals surface area contributed by atoms with Gasteiger partial charge in [0, 0.05) is 44.8 Å². The predicted octanol–water partition coefficient (Wildman–Crippen LogP) is 0.0868. The molecule has 2 aliphatic heterocycles. The lowest BCUT2D eigenvalue weighted by molar-refractivity contribution is -0.146. The van der Waals surface area contributed by atoms with Crippen LogP contribution in [0.15, 0.2) is 24.3 Å². The summed E-state index contributed by atoms with van der Waals surface area (Å²) in [6.45, 7) is 3.84. The Morgan fingerprint density at radius 2 is 1.88 bits per heavy atom. The fourth-order valence-corrected chi connectivity index (χ4v) is 2.88. The number of hydrogen-bond acceptors (Lipinski definition) is 5. The number of halogens is 1. The number of carbonyl (C=O) groups excluding carboxylic acids is 2. The highest BCUT2D eigenvalue weighted by atomic mass is 35.5. The highest BCUT2D eigenvalue weighted by molar-refractivity contribution is 5.94. The fraction of sp³-hybridized carbons (Fsp3) is 0.500. The molecule has 0 spiro atoms. The van der Waals surface area contributed by atoms with Crippen molar-refractivity contribution in [1.82, 2.24) is 15.1 Å². The Hall–Kier alpha value is -1.83. The Labute approximate surface area is 147 Å². The van der Waals surface area contributed by atoms with E-state index < -0.39 is 6.10 Å². The number of benzene rings is 1. The van der Waals surface area contributed by atoms with Crippen LogP contribution in [-0.2, 0) is 9.53 Å². The van der Waals surface area contributed by atoms with Gasteiger partial charge in [0.1, 0.15) is 11.9 Å². The van der Waals surface area contributed by atoms with Crippen molar-refractivity contribution >= 4 is 24.2 Å². The summed E-state index contributed by atoms with van der Waals surface area (Å²) >= 11 is 0. The molecule has 132 valence electrons. The van der Waals surface area contributed by atoms with Crippen molar-refractivity contribution in [2.75, 3.05) is 45.9 Å². The van der Waals surface area contributed by atoms with Gasteiger partial charge in [-0.25, -0.2) is 0 Å². The Morgan fingerprint density at radius 1 is 1.17 bits per heavy atom. The van der Waals surface area contributed by atoms with Crippen molar-refractivity contribution in [3.63, 3.8) is 0 Å². The molecule has 1 unspecified atom stereocenters. The summed E-state index contributed by atoms with van der Waals surface area (Å²) in [4.78, 5) is 28.2. The van der Waals surface area contributed by atoms with E-state index in [0.717, 1.165) is 6.54 Å². The third-order valence-electron chi connectivity index (χ3n) is 4.17. The average molecular weight is 356 g/mol. The monoisotopic (exact) mass is 355 g/mol. The largest absolute Gasteiger partial charge is 0.508 e. The van der Waals surface area contributed by atoms with Crippen molar-refractivity contribution in [3.8, 4) is 5.75 Å². The minimum Gasteiger partial charge on any atom is -0.508 e. The molecule has 2 saturated heterocycles. The molecule has 0 radical (unpaired) electrons. The lowest BCUT2D eigenvalue weighted by atomic mass is 10.1. The van der Waals surface area contributed by atoms with E-state index in [-0.39, 0.29) is 30.0 Å². The molecule has 0 aromatic heterocycles. The minimum absolute atomic E-state index is 0. The zero-order valence-electron chi connectivity index (χ0n) is 13.3. The number of aromatic hydroxyl groups is 1. The number of carbonyl (C=O) groups is 2. The first-order chi connectivity index (χ1) is 11.1. The van der Waals surface area contributed by atoms with Gasteiger partial charge in [0.25, 0.3) is 11.8 Å². The summed E-state index contributed by atoms with van der Waals surface area (Å²) in [5, 5.41) is 12.6. The smallest absolute Gasteiger partial charge is 0.254 e. The number of piperazine rings is 1. The Balaban J connectivity index is 0.00000208. The molecule has 2 amide bonds. The third kappa shape index (κ3) is 4.17. The van der Waals surface area contributed by atoms with Crippen molar-refractivity contribution in [2.24, 2.45) is 0 Å². The Kier molecular flexibility index (Phi) is 6.42. The first-order valence-electron chi connectivity index (χ1n) is 7.84. The van der Waals surface area contributed by atoms with Crippen LogP contribution < -0.4 is 5.32 Å². The van der Waals surface area contributed by atoms with Gasteiger partial charge in [-0.15, -0.1) is 12.4 Å². The Morgan fingerprint density at radius 3 is 2.50 bits per heavy atom. The van der Waals surface area contributed by atoms with Gasteiger partial charge in [-0.2, -0.15) is 0 Å². The first-order valence-corrected chi connectivity index (χ1v) is 7.84. The topological polar surface area (TPSA) is 82.1 Å². The number of rotatable bonds is 2. The number of morpholine rings is 1. The van der Waals surface area contributed by atoms with Crippen LogP contribution in [0.1, 0.15) is 10.4 Å². The van der Waals surface area contributed by atoms with Gasteiger partial charge < -0.3 is 25.0 Å². The Bertz CT molecular complexity index is 584. The number of nitrogens with one attached hydrogen (secondary N) is 1. The van der Waals surface area contributed by atoms with Crippen LogP contribution in [0.4, 0.5) is 0 Å². The maximum atomic E-state index is 12.4. The van der Waals surface area contributed by atoms with Crippen molar-refractivity contribution in [2.45, 2.75) is 6.10 Å². The predicted molar refractivity (Wildman–Crippen MR) is 90.4 cm³/mol. The highest BCUT2D eigenvalue weighted by Crippen LogP contribution is 2.15. The van der Waals surface area contributed by atoms with Crippen molar-refractivity contribution < 1.29 is 19.4 Å². The summed E-state index contributed by atoms with van der Waals surface area (Å²) < 4.78 is 5.49. The summed E-state index contributed by atoms with van der Waals surface area (Å²) in [5.74, 6) is -0.0585. The molecule has 7 nitrogen and oxygen atoms in total. The second-order valence-corrected chi connectivity index (χ2v) is 5.73. The van der Waals surface area contributed by atoms with Crippen LogP contribution in [0.25, 0.3) is 0 Å². The minimum atomic E-state index is -0.419. The van der Waals surface area contributed by atoms with Gasteiger partial charge in [-0.1, -0.05) is 6.07 Å². The highest BCUT2D eigenvalue weighted by Gasteiger charge is 2.30. The average Bonchev–Trinajstić information content (AvgIpc) is 2.61. The van der Waals surface area contributed by atoms with E-state index in [9.17, 15) is 14.7 Å². The van der Waals surface area contributed by atoms with E-state index in [4.69, 9.17) is 4.74 Å². The van der Waals surface area contributed by atoms with Crippen LogP contribution in [0.3, 0.4) is 0 Å². The van der Waals surface area contributed by atoms with Gasteiger partial charge in [-0.3, -0.25) is 9.59 Å². The van der Waals surface area contributed by atoms with Crippen molar-refractivity contribution in [1.29, 1.82) is 0 Å². The number of phenolic OH excluding ortho intramolecular Hbond substituents is 1. The summed E-state index contributed by atoms with van der Waals surface area (Å²) in [6, 6.07) is 6.32. The molecule has 1 aromatic carbocycles. The molecule has 2 heterocycles. The van der Waals surface area contributed by atoms with Crippen LogP contribution in [-0.4, -0.2) is 78.7 Å². The number of phenols is 1. The van der Waals surface area contributed by atoms with E-state index in [0.29, 0.717) is 44.9 Å². The van der Waals surface area contributed by atoms with Crippen LogP contribution in [0.5, 0.6) is 5.75 Å². The normalized spacial score (nSPS) is 21.1. The van der Waals surface area contributed by atoms with E-state index in [1.807, 2.05) is 0 Å². The molecule has 2 N–H and O–H groups in total. The number of nitrogens with zero attached hydrogens (tertiary/aromatic N) is 2. The lowest BCUT2D eigenvalue weighted by Crippen LogP contribution is -2.56. The molecule has 24 heavy (non-hydrogen) atoms. The zero-order chi connectivity index (χ0) is 16.2. The van der Waals surface area contributed by atoms with Gasteiger partial charge in [0.15, 0.2) is 0 Å². The molecule has 2 fully saturated rings. The van der Waals surface area contributed by atoms with Crippen LogP contribution in [0.2, 0.25) is 0 Å². The molecule has 2 aliphatic rings. The molecule has 1 aromatic rings. The quantitative estimate of drug-likeness (QED) is 0.785. The van der Waals surface area contributed by atoms with E-state index in [1.165, 1.54) is 12.1 Å². The maximum Gasteiger partial charge on any atom is 0.254 e. The van der Waals surface area contributed by atoms with Gasteiger partial charge in [-0.05, 0) is 18.2 Å². The molecular weight excluding hydrogens is 334 g/mol. The molecule has 8 heteroatoms. The number of ether oxygens (including phenoxy) is 1. The van der Waals surface area contributed by atoms with Gasteiger partial charge in [0.2, 0.25) is 0 Å². The van der Waals surface area contributed by atoms with E-state index in [1.54, 1.807) is 21.9 Å². The first kappa shape index (κ1) is 18.5. The van der Waals surface area contributed by atoms with Gasteiger partial charge >= 0.3 is 0 Å². The molecule has 0 bridgehead atoms. The molecule has 3 rings (SSSR count). The van der Waals surface area contributed by atoms with Crippen molar-refractivity contribution in [3.05, 3.63) is 29.8 Å². The van der Waals surface area contributed by atoms with Crippen LogP contribution in [0, 0.1) is 0 Å². The molecular formula is C16H22ClN3O4. The third-order valence-corrected chi connectivity index (χ3v) is 4.17. The van der Waals surface area contributed by atoms with E-state index >= 15 is 0 Å². The van der Waals surface area contributed by atoms with Gasteiger partial charge in [0.05, 0.1) is 6.61 Å². The van der Waals surface area contributed by atoms with Crippen LogP contribution >= 0.6 is 12.4 Å². The SMILES string of the molecule is Cl.O=C(c1cccc(O)c1)N1CCN(C(=O)C2CNCCO2)CC1. The second-order valence-electron chi connectivity index (χ2n) is 5.73. The number of amides is 2.